The lowest BCUT2D eigenvalue weighted by atomic mass is 10.2. The zero-order chi connectivity index (χ0) is 16.8. The number of hydrogen-bond donors (Lipinski definition) is 2. The number of amides is 1. The van der Waals surface area contributed by atoms with Crippen molar-refractivity contribution in [3.05, 3.63) is 69.9 Å². The number of halogens is 1. The summed E-state index contributed by atoms with van der Waals surface area (Å²) < 4.78 is 14.0. The maximum Gasteiger partial charge on any atom is 0.375 e. The summed E-state index contributed by atoms with van der Waals surface area (Å²) in [5.74, 6) is -1.91. The molecule has 0 aliphatic carbocycles. The van der Waals surface area contributed by atoms with Crippen LogP contribution in [0.15, 0.2) is 47.3 Å². The van der Waals surface area contributed by atoms with E-state index in [0.717, 1.165) is 12.1 Å². The minimum atomic E-state index is -0.830. The molecule has 1 amide bonds. The van der Waals surface area contributed by atoms with Crippen LogP contribution < -0.4 is 16.6 Å². The van der Waals surface area contributed by atoms with E-state index in [-0.39, 0.29) is 16.8 Å². The number of nitrogens with zero attached hydrogens (tertiary/aromatic N) is 1. The summed E-state index contributed by atoms with van der Waals surface area (Å²) in [4.78, 5) is 39.9. The Balaban J connectivity index is 1.95. The molecule has 0 spiro atoms. The van der Waals surface area contributed by atoms with Gasteiger partial charge in [0.05, 0.1) is 0 Å². The van der Waals surface area contributed by atoms with Gasteiger partial charge in [0.2, 0.25) is 0 Å². The van der Waals surface area contributed by atoms with E-state index in [2.05, 4.69) is 10.3 Å². The van der Waals surface area contributed by atoms with Crippen LogP contribution >= 0.6 is 0 Å². The van der Waals surface area contributed by atoms with Gasteiger partial charge in [0.1, 0.15) is 11.5 Å². The van der Waals surface area contributed by atoms with Gasteiger partial charge in [-0.05, 0) is 37.3 Å². The number of carbonyl (C=O) groups excluding carboxylic acids is 2. The fraction of sp³-hybridized carbons (Fsp3) is 0.133. The number of carbonyl (C=O) groups is 2. The molecular weight excluding hydrogens is 305 g/mol. The lowest BCUT2D eigenvalue weighted by molar-refractivity contribution is 0.0125. The zero-order valence-corrected chi connectivity index (χ0v) is 12.2. The van der Waals surface area contributed by atoms with Crippen molar-refractivity contribution < 1.29 is 18.8 Å². The maximum absolute atomic E-state index is 12.8. The molecule has 0 fully saturated rings. The van der Waals surface area contributed by atoms with E-state index in [4.69, 9.17) is 0 Å². The predicted octanol–water partition coefficient (Wildman–Crippen LogP) is 1.01. The van der Waals surface area contributed by atoms with Crippen LogP contribution in [0.25, 0.3) is 0 Å². The summed E-state index contributed by atoms with van der Waals surface area (Å²) in [7, 11) is 0. The molecule has 1 aromatic carbocycles. The summed E-state index contributed by atoms with van der Waals surface area (Å²) in [5.41, 5.74) is 4.03. The molecule has 0 saturated carbocycles. The quantitative estimate of drug-likeness (QED) is 0.803. The minimum Gasteiger partial charge on any atom is -0.345 e. The van der Waals surface area contributed by atoms with Gasteiger partial charge in [0.25, 0.3) is 11.5 Å². The van der Waals surface area contributed by atoms with Gasteiger partial charge < -0.3 is 9.40 Å². The number of pyridine rings is 1. The second kappa shape index (κ2) is 7.32. The fourth-order valence-corrected chi connectivity index (χ4v) is 1.87. The highest BCUT2D eigenvalue weighted by Gasteiger charge is 2.13. The molecule has 1 heterocycles. The number of hydrazine groups is 1. The normalized spacial score (nSPS) is 10.2. The van der Waals surface area contributed by atoms with Gasteiger partial charge in [-0.3, -0.25) is 15.0 Å². The zero-order valence-electron chi connectivity index (χ0n) is 12.2. The highest BCUT2D eigenvalue weighted by atomic mass is 19.1. The second-order valence-corrected chi connectivity index (χ2v) is 4.45. The molecule has 120 valence electrons. The molecule has 0 aliphatic heterocycles. The molecule has 0 bridgehead atoms. The minimum absolute atomic E-state index is 0.0449. The Kier molecular flexibility index (Phi) is 5.21. The number of benzene rings is 1. The largest absolute Gasteiger partial charge is 0.375 e. The summed E-state index contributed by atoms with van der Waals surface area (Å²) in [5, 5.41) is 0. The van der Waals surface area contributed by atoms with E-state index in [1.54, 1.807) is 6.92 Å². The van der Waals surface area contributed by atoms with Crippen LogP contribution in [0.1, 0.15) is 27.8 Å². The van der Waals surface area contributed by atoms with Crippen LogP contribution in [-0.2, 0) is 11.4 Å². The molecule has 7 nitrogen and oxygen atoms in total. The van der Waals surface area contributed by atoms with E-state index >= 15 is 0 Å². The highest BCUT2D eigenvalue weighted by Crippen LogP contribution is 2.02. The Morgan fingerprint density at radius 2 is 1.87 bits per heavy atom. The lowest BCUT2D eigenvalue weighted by Gasteiger charge is -2.10. The van der Waals surface area contributed by atoms with Crippen molar-refractivity contribution in [2.75, 3.05) is 0 Å². The van der Waals surface area contributed by atoms with Crippen molar-refractivity contribution >= 4 is 11.9 Å². The molecule has 2 aromatic rings. The van der Waals surface area contributed by atoms with E-state index in [9.17, 15) is 18.8 Å². The molecule has 8 heteroatoms. The monoisotopic (exact) mass is 319 g/mol. The first kappa shape index (κ1) is 16.4. The molecule has 2 rings (SSSR count). The standard InChI is InChI=1S/C15H14FN3O4/c1-2-19-12(4-3-5-13(19)20)15(22)23-18-17-14(21)10-6-8-11(16)9-7-10/h3-9,18H,2H2,1H3,(H,17,21). The number of hydrogen-bond acceptors (Lipinski definition) is 5. The van der Waals surface area contributed by atoms with E-state index in [1.807, 2.05) is 5.59 Å². The number of rotatable bonds is 5. The van der Waals surface area contributed by atoms with Crippen molar-refractivity contribution in [2.24, 2.45) is 0 Å². The fourth-order valence-electron chi connectivity index (χ4n) is 1.87. The molecule has 0 unspecified atom stereocenters. The number of nitrogens with one attached hydrogen (secondary N) is 2. The Bertz CT molecular complexity index is 771. The van der Waals surface area contributed by atoms with Gasteiger partial charge in [-0.25, -0.2) is 9.18 Å². The third kappa shape index (κ3) is 4.01. The second-order valence-electron chi connectivity index (χ2n) is 4.45. The van der Waals surface area contributed by atoms with Gasteiger partial charge in [-0.15, -0.1) is 0 Å². The van der Waals surface area contributed by atoms with Crippen molar-refractivity contribution in [3.8, 4) is 0 Å². The first-order chi connectivity index (χ1) is 11.0. The van der Waals surface area contributed by atoms with Gasteiger partial charge in [-0.2, -0.15) is 0 Å². The molecule has 0 radical (unpaired) electrons. The van der Waals surface area contributed by atoms with E-state index < -0.39 is 17.7 Å². The SMILES string of the molecule is CCn1c(C(=O)ONNC(=O)c2ccc(F)cc2)cccc1=O. The van der Waals surface area contributed by atoms with Crippen molar-refractivity contribution in [1.29, 1.82) is 0 Å². The molecule has 0 atom stereocenters. The summed E-state index contributed by atoms with van der Waals surface area (Å²) in [6, 6.07) is 9.00. The van der Waals surface area contributed by atoms with Crippen molar-refractivity contribution in [3.63, 3.8) is 0 Å². The van der Waals surface area contributed by atoms with Gasteiger partial charge in [-0.1, -0.05) is 11.7 Å². The van der Waals surface area contributed by atoms with Crippen LogP contribution in [0.5, 0.6) is 0 Å². The molecular formula is C15H14FN3O4. The van der Waals surface area contributed by atoms with E-state index in [0.29, 0.717) is 6.54 Å². The van der Waals surface area contributed by atoms with Gasteiger partial charge >= 0.3 is 5.97 Å². The summed E-state index contributed by atoms with van der Waals surface area (Å²) >= 11 is 0. The van der Waals surface area contributed by atoms with Crippen LogP contribution in [0.2, 0.25) is 0 Å². The third-order valence-electron chi connectivity index (χ3n) is 2.99. The Morgan fingerprint density at radius 1 is 1.17 bits per heavy atom. The van der Waals surface area contributed by atoms with Gasteiger partial charge in [0.15, 0.2) is 0 Å². The molecule has 0 saturated heterocycles. The Labute approximate surface area is 130 Å². The predicted molar refractivity (Wildman–Crippen MR) is 78.8 cm³/mol. The molecule has 23 heavy (non-hydrogen) atoms. The highest BCUT2D eigenvalue weighted by molar-refractivity contribution is 5.94. The average molecular weight is 319 g/mol. The Hall–Kier alpha value is -3.00. The first-order valence-electron chi connectivity index (χ1n) is 6.75. The van der Waals surface area contributed by atoms with Crippen LogP contribution in [0.3, 0.4) is 0 Å². The van der Waals surface area contributed by atoms with Crippen LogP contribution in [0, 0.1) is 5.82 Å². The summed E-state index contributed by atoms with van der Waals surface area (Å²) in [6.07, 6.45) is 0. The van der Waals surface area contributed by atoms with Crippen LogP contribution in [0.4, 0.5) is 4.39 Å². The first-order valence-corrected chi connectivity index (χ1v) is 6.75. The molecule has 0 aliphatic rings. The molecule has 1 aromatic heterocycles. The van der Waals surface area contributed by atoms with Crippen molar-refractivity contribution in [1.82, 2.24) is 15.6 Å². The lowest BCUT2D eigenvalue weighted by Crippen LogP contribution is -2.39. The maximum atomic E-state index is 12.8. The molecule has 2 N–H and O–H groups in total. The van der Waals surface area contributed by atoms with Crippen molar-refractivity contribution in [2.45, 2.75) is 13.5 Å². The van der Waals surface area contributed by atoms with E-state index in [1.165, 1.54) is 34.9 Å². The van der Waals surface area contributed by atoms with Crippen LogP contribution in [-0.4, -0.2) is 16.4 Å². The van der Waals surface area contributed by atoms with Gasteiger partial charge in [0, 0.05) is 18.2 Å². The topological polar surface area (TPSA) is 89.4 Å². The smallest absolute Gasteiger partial charge is 0.345 e. The third-order valence-corrected chi connectivity index (χ3v) is 2.99. The average Bonchev–Trinajstić information content (AvgIpc) is 2.55. The Morgan fingerprint density at radius 3 is 2.52 bits per heavy atom. The summed E-state index contributed by atoms with van der Waals surface area (Å²) in [6.45, 7) is 2.01. The number of aromatic nitrogens is 1.